The summed E-state index contributed by atoms with van der Waals surface area (Å²) in [6.45, 7) is 0.936. The summed E-state index contributed by atoms with van der Waals surface area (Å²) in [7, 11) is 0. The molecule has 0 unspecified atom stereocenters. The fraction of sp³-hybridized carbons (Fsp3) is 0.600. The van der Waals surface area contributed by atoms with Crippen LogP contribution in [0.4, 0.5) is 0 Å². The zero-order valence-electron chi connectivity index (χ0n) is 12.0. The van der Waals surface area contributed by atoms with Gasteiger partial charge in [-0.15, -0.1) is 0 Å². The first kappa shape index (κ1) is 15.4. The highest BCUT2D eigenvalue weighted by atomic mass is 16.2. The van der Waals surface area contributed by atoms with Crippen LogP contribution in [0.15, 0.2) is 12.2 Å². The summed E-state index contributed by atoms with van der Waals surface area (Å²) in [5, 5.41) is 2.79. The Morgan fingerprint density at radius 1 is 1.19 bits per heavy atom. The molecule has 2 aliphatic rings. The molecule has 0 atom stereocenters. The number of amides is 3. The molecular formula is C15H20N2O4. The number of carbonyl (C=O) groups excluding carboxylic acids is 4. The van der Waals surface area contributed by atoms with Crippen LogP contribution < -0.4 is 5.32 Å². The molecule has 0 bridgehead atoms. The van der Waals surface area contributed by atoms with Crippen LogP contribution in [-0.2, 0) is 19.2 Å². The highest BCUT2D eigenvalue weighted by molar-refractivity contribution is 6.12. The van der Waals surface area contributed by atoms with Crippen LogP contribution in [0.5, 0.6) is 0 Å². The molecule has 1 aliphatic heterocycles. The minimum absolute atomic E-state index is 0.169. The van der Waals surface area contributed by atoms with E-state index in [0.717, 1.165) is 25.5 Å². The molecule has 6 heteroatoms. The van der Waals surface area contributed by atoms with E-state index >= 15 is 0 Å². The van der Waals surface area contributed by atoms with Gasteiger partial charge in [0.2, 0.25) is 5.91 Å². The third kappa shape index (κ3) is 3.37. The van der Waals surface area contributed by atoms with Gasteiger partial charge in [0, 0.05) is 25.2 Å². The number of carbonyl (C=O) groups is 4. The lowest BCUT2D eigenvalue weighted by atomic mass is 9.69. The van der Waals surface area contributed by atoms with Crippen LogP contribution in [0.1, 0.15) is 38.5 Å². The second-order valence-electron chi connectivity index (χ2n) is 5.61. The molecule has 1 saturated carbocycles. The lowest BCUT2D eigenvalue weighted by molar-refractivity contribution is -0.142. The number of hydrogen-bond donors (Lipinski definition) is 1. The van der Waals surface area contributed by atoms with E-state index in [9.17, 15) is 19.2 Å². The molecular weight excluding hydrogens is 272 g/mol. The van der Waals surface area contributed by atoms with Crippen molar-refractivity contribution in [3.63, 3.8) is 0 Å². The van der Waals surface area contributed by atoms with Gasteiger partial charge in [-0.1, -0.05) is 6.42 Å². The van der Waals surface area contributed by atoms with E-state index in [1.807, 2.05) is 0 Å². The Morgan fingerprint density at radius 3 is 2.38 bits per heavy atom. The number of hydrogen-bond acceptors (Lipinski definition) is 4. The van der Waals surface area contributed by atoms with Crippen molar-refractivity contribution in [2.75, 3.05) is 13.1 Å². The topological polar surface area (TPSA) is 83.6 Å². The third-order valence-corrected chi connectivity index (χ3v) is 4.17. The standard InChI is InChI=1S/C15H20N2O4/c18-11-15(7-4-8-15)14(21)16-9-2-1-3-10-17-12(19)5-6-13(17)20/h5-6,11H,1-4,7-10H2,(H,16,21). The molecule has 1 N–H and O–H groups in total. The van der Waals surface area contributed by atoms with Crippen LogP contribution in [0.2, 0.25) is 0 Å². The zero-order valence-corrected chi connectivity index (χ0v) is 12.0. The van der Waals surface area contributed by atoms with Crippen LogP contribution in [-0.4, -0.2) is 42.0 Å². The van der Waals surface area contributed by atoms with Crippen molar-refractivity contribution in [1.29, 1.82) is 0 Å². The maximum atomic E-state index is 11.9. The minimum atomic E-state index is -0.778. The van der Waals surface area contributed by atoms with Crippen molar-refractivity contribution < 1.29 is 19.2 Å². The minimum Gasteiger partial charge on any atom is -0.355 e. The fourth-order valence-electron chi connectivity index (χ4n) is 2.56. The summed E-state index contributed by atoms with van der Waals surface area (Å²) in [5.41, 5.74) is -0.778. The van der Waals surface area contributed by atoms with E-state index in [1.165, 1.54) is 17.1 Å². The molecule has 114 valence electrons. The Labute approximate surface area is 123 Å². The first-order valence-corrected chi connectivity index (χ1v) is 7.37. The maximum Gasteiger partial charge on any atom is 0.253 e. The summed E-state index contributed by atoms with van der Waals surface area (Å²) in [6.07, 6.45) is 7.84. The van der Waals surface area contributed by atoms with Gasteiger partial charge in [-0.05, 0) is 32.1 Å². The Balaban J connectivity index is 1.56. The van der Waals surface area contributed by atoms with Crippen LogP contribution in [0.25, 0.3) is 0 Å². The first-order chi connectivity index (χ1) is 10.1. The summed E-state index contributed by atoms with van der Waals surface area (Å²) >= 11 is 0. The van der Waals surface area contributed by atoms with Crippen LogP contribution in [0.3, 0.4) is 0 Å². The molecule has 1 fully saturated rings. The van der Waals surface area contributed by atoms with Crippen LogP contribution >= 0.6 is 0 Å². The Morgan fingerprint density at radius 2 is 1.86 bits per heavy atom. The number of aldehydes is 1. The number of nitrogens with zero attached hydrogens (tertiary/aromatic N) is 1. The smallest absolute Gasteiger partial charge is 0.253 e. The maximum absolute atomic E-state index is 11.9. The predicted molar refractivity (Wildman–Crippen MR) is 75.1 cm³/mol. The van der Waals surface area contributed by atoms with Gasteiger partial charge < -0.3 is 10.1 Å². The van der Waals surface area contributed by atoms with Crippen molar-refractivity contribution in [2.24, 2.45) is 5.41 Å². The van der Waals surface area contributed by atoms with Crippen molar-refractivity contribution in [1.82, 2.24) is 10.2 Å². The summed E-state index contributed by atoms with van der Waals surface area (Å²) < 4.78 is 0. The Hall–Kier alpha value is -1.98. The second kappa shape index (κ2) is 6.65. The zero-order chi connectivity index (χ0) is 15.3. The second-order valence-corrected chi connectivity index (χ2v) is 5.61. The summed E-state index contributed by atoms with van der Waals surface area (Å²) in [4.78, 5) is 46.6. The van der Waals surface area contributed by atoms with Gasteiger partial charge in [0.25, 0.3) is 11.8 Å². The van der Waals surface area contributed by atoms with E-state index < -0.39 is 5.41 Å². The number of unbranched alkanes of at least 4 members (excludes halogenated alkanes) is 2. The van der Waals surface area contributed by atoms with E-state index in [0.29, 0.717) is 32.4 Å². The highest BCUT2D eigenvalue weighted by Crippen LogP contribution is 2.38. The van der Waals surface area contributed by atoms with Gasteiger partial charge in [-0.2, -0.15) is 0 Å². The van der Waals surface area contributed by atoms with Gasteiger partial charge in [-0.3, -0.25) is 19.3 Å². The largest absolute Gasteiger partial charge is 0.355 e. The molecule has 3 amide bonds. The molecule has 6 nitrogen and oxygen atoms in total. The van der Waals surface area contributed by atoms with Crippen LogP contribution in [0, 0.1) is 5.41 Å². The third-order valence-electron chi connectivity index (χ3n) is 4.17. The van der Waals surface area contributed by atoms with Crippen molar-refractivity contribution in [3.8, 4) is 0 Å². The lowest BCUT2D eigenvalue weighted by Crippen LogP contribution is -2.47. The van der Waals surface area contributed by atoms with Gasteiger partial charge in [0.05, 0.1) is 0 Å². The van der Waals surface area contributed by atoms with Gasteiger partial charge in [0.15, 0.2) is 0 Å². The molecule has 0 spiro atoms. The molecule has 21 heavy (non-hydrogen) atoms. The number of nitrogens with one attached hydrogen (secondary N) is 1. The number of rotatable bonds is 8. The summed E-state index contributed by atoms with van der Waals surface area (Å²) in [6, 6.07) is 0. The highest BCUT2D eigenvalue weighted by Gasteiger charge is 2.43. The van der Waals surface area contributed by atoms with Crippen molar-refractivity contribution in [2.45, 2.75) is 38.5 Å². The SMILES string of the molecule is O=CC1(C(=O)NCCCCCN2C(=O)C=CC2=O)CCC1. The van der Waals surface area contributed by atoms with Crippen molar-refractivity contribution in [3.05, 3.63) is 12.2 Å². The molecule has 0 aromatic carbocycles. The average molecular weight is 292 g/mol. The van der Waals surface area contributed by atoms with Gasteiger partial charge >= 0.3 is 0 Å². The average Bonchev–Trinajstić information content (AvgIpc) is 2.73. The molecule has 0 saturated heterocycles. The molecule has 2 rings (SSSR count). The van der Waals surface area contributed by atoms with E-state index in [-0.39, 0.29) is 17.7 Å². The lowest BCUT2D eigenvalue weighted by Gasteiger charge is -2.34. The van der Waals surface area contributed by atoms with E-state index in [1.54, 1.807) is 0 Å². The fourth-order valence-corrected chi connectivity index (χ4v) is 2.56. The Kier molecular flexibility index (Phi) is 4.88. The molecule has 0 aromatic rings. The summed E-state index contributed by atoms with van der Waals surface area (Å²) in [5.74, 6) is -0.685. The Bertz CT molecular complexity index is 462. The predicted octanol–water partition coefficient (Wildman–Crippen LogP) is 0.567. The normalized spacial score (nSPS) is 19.5. The molecule has 1 aliphatic carbocycles. The van der Waals surface area contributed by atoms with E-state index in [2.05, 4.69) is 5.32 Å². The molecule has 1 heterocycles. The molecule has 0 radical (unpaired) electrons. The van der Waals surface area contributed by atoms with Gasteiger partial charge in [-0.25, -0.2) is 0 Å². The van der Waals surface area contributed by atoms with Crippen molar-refractivity contribution >= 4 is 24.0 Å². The monoisotopic (exact) mass is 292 g/mol. The molecule has 0 aromatic heterocycles. The number of imide groups is 1. The van der Waals surface area contributed by atoms with E-state index in [4.69, 9.17) is 0 Å². The quantitative estimate of drug-likeness (QED) is 0.307. The first-order valence-electron chi connectivity index (χ1n) is 7.37. The van der Waals surface area contributed by atoms with Gasteiger partial charge in [0.1, 0.15) is 11.7 Å².